The first-order valence-electron chi connectivity index (χ1n) is 4.88. The molecular formula is C13H11F3S. The normalized spacial score (nSPS) is 9.65. The van der Waals surface area contributed by atoms with E-state index in [9.17, 15) is 13.2 Å². The molecule has 0 saturated heterocycles. The summed E-state index contributed by atoms with van der Waals surface area (Å²) in [7, 11) is 0. The predicted molar refractivity (Wildman–Crippen MR) is 64.1 cm³/mol. The maximum atomic E-state index is 9.67. The fourth-order valence-corrected chi connectivity index (χ4v) is 1.97. The van der Waals surface area contributed by atoms with Gasteiger partial charge in [0, 0.05) is 9.79 Å². The second-order valence-corrected chi connectivity index (χ2v) is 4.12. The van der Waals surface area contributed by atoms with Crippen LogP contribution in [-0.4, -0.2) is 6.68 Å². The summed E-state index contributed by atoms with van der Waals surface area (Å²) in [5, 5.41) is 0. The molecule has 0 nitrogen and oxygen atoms in total. The quantitative estimate of drug-likeness (QED) is 0.727. The zero-order chi connectivity index (χ0) is 12.5. The molecule has 0 radical (unpaired) electrons. The van der Waals surface area contributed by atoms with Crippen LogP contribution in [0.15, 0.2) is 70.5 Å². The molecule has 0 aliphatic carbocycles. The Kier molecular flexibility index (Phi) is 6.25. The van der Waals surface area contributed by atoms with Crippen LogP contribution in [0.3, 0.4) is 0 Å². The molecule has 0 N–H and O–H groups in total. The van der Waals surface area contributed by atoms with Gasteiger partial charge in [0.1, 0.15) is 0 Å². The molecule has 0 bridgehead atoms. The van der Waals surface area contributed by atoms with Crippen molar-refractivity contribution in [2.75, 3.05) is 0 Å². The largest absolute Gasteiger partial charge is 0.379 e. The van der Waals surface area contributed by atoms with Crippen LogP contribution in [-0.2, 0) is 0 Å². The number of halogens is 3. The Balaban J connectivity index is 0.000000317. The second-order valence-electron chi connectivity index (χ2n) is 2.98. The highest BCUT2D eigenvalue weighted by Crippen LogP contribution is 2.26. The Bertz CT molecular complexity index is 363. The first kappa shape index (κ1) is 13.6. The topological polar surface area (TPSA) is 0 Å². The van der Waals surface area contributed by atoms with Gasteiger partial charge in [0.05, 0.1) is 0 Å². The van der Waals surface area contributed by atoms with E-state index >= 15 is 0 Å². The van der Waals surface area contributed by atoms with Crippen LogP contribution in [0.4, 0.5) is 13.2 Å². The zero-order valence-electron chi connectivity index (χ0n) is 8.89. The minimum Gasteiger partial charge on any atom is -0.174 e. The maximum absolute atomic E-state index is 9.67. The molecule has 2 rings (SSSR count). The van der Waals surface area contributed by atoms with E-state index in [1.165, 1.54) is 9.79 Å². The molecule has 2 aromatic carbocycles. The highest BCUT2D eigenvalue weighted by atomic mass is 32.2. The average molecular weight is 256 g/mol. The third-order valence-electron chi connectivity index (χ3n) is 1.72. The molecule has 0 unspecified atom stereocenters. The van der Waals surface area contributed by atoms with Gasteiger partial charge in [-0.25, -0.2) is 0 Å². The van der Waals surface area contributed by atoms with Gasteiger partial charge in [-0.2, -0.15) is 13.2 Å². The number of alkyl halides is 3. The highest BCUT2D eigenvalue weighted by Gasteiger charge is 1.93. The lowest BCUT2D eigenvalue weighted by Crippen LogP contribution is -1.70. The van der Waals surface area contributed by atoms with Crippen LogP contribution in [0.5, 0.6) is 0 Å². The van der Waals surface area contributed by atoms with E-state index in [-0.39, 0.29) is 0 Å². The third kappa shape index (κ3) is 6.68. The van der Waals surface area contributed by atoms with E-state index < -0.39 is 6.68 Å². The second kappa shape index (κ2) is 7.79. The van der Waals surface area contributed by atoms with Crippen molar-refractivity contribution in [3.63, 3.8) is 0 Å². The van der Waals surface area contributed by atoms with Gasteiger partial charge in [0.2, 0.25) is 0 Å². The van der Waals surface area contributed by atoms with E-state index in [0.29, 0.717) is 0 Å². The molecule has 0 saturated carbocycles. The van der Waals surface area contributed by atoms with Gasteiger partial charge in [-0.1, -0.05) is 48.2 Å². The van der Waals surface area contributed by atoms with E-state index in [0.717, 1.165) is 0 Å². The number of hydrogen-bond donors (Lipinski definition) is 0. The van der Waals surface area contributed by atoms with E-state index in [2.05, 4.69) is 48.5 Å². The van der Waals surface area contributed by atoms with Crippen LogP contribution in [0, 0.1) is 0 Å². The molecule has 0 aliphatic rings. The predicted octanol–water partition coefficient (Wildman–Crippen LogP) is 5.02. The average Bonchev–Trinajstić information content (AvgIpc) is 2.31. The SMILES string of the molecule is FC(F)F.c1ccc(Sc2ccccc2)cc1. The van der Waals surface area contributed by atoms with E-state index in [1.54, 1.807) is 11.8 Å². The first-order chi connectivity index (χ1) is 8.18. The van der Waals surface area contributed by atoms with Gasteiger partial charge in [0.25, 0.3) is 0 Å². The van der Waals surface area contributed by atoms with E-state index in [4.69, 9.17) is 0 Å². The molecule has 4 heteroatoms. The Morgan fingerprint density at radius 2 is 0.941 bits per heavy atom. The smallest absolute Gasteiger partial charge is 0.174 e. The summed E-state index contributed by atoms with van der Waals surface area (Å²) < 4.78 is 29.0. The van der Waals surface area contributed by atoms with Crippen LogP contribution in [0.25, 0.3) is 0 Å². The summed E-state index contributed by atoms with van der Waals surface area (Å²) in [6.45, 7) is -3.67. The molecule has 0 heterocycles. The fourth-order valence-electron chi connectivity index (χ4n) is 1.11. The van der Waals surface area contributed by atoms with Gasteiger partial charge in [-0.05, 0) is 24.3 Å². The van der Waals surface area contributed by atoms with Crippen molar-refractivity contribution in [3.8, 4) is 0 Å². The molecule has 0 fully saturated rings. The molecule has 0 aliphatic heterocycles. The van der Waals surface area contributed by atoms with Crippen molar-refractivity contribution in [1.82, 2.24) is 0 Å². The highest BCUT2D eigenvalue weighted by molar-refractivity contribution is 7.99. The Morgan fingerprint density at radius 3 is 1.24 bits per heavy atom. The van der Waals surface area contributed by atoms with Gasteiger partial charge in [-0.3, -0.25) is 0 Å². The summed E-state index contributed by atoms with van der Waals surface area (Å²) in [5.41, 5.74) is 0. The Morgan fingerprint density at radius 1 is 0.647 bits per heavy atom. The van der Waals surface area contributed by atoms with Gasteiger partial charge in [0.15, 0.2) is 0 Å². The molecule has 90 valence electrons. The number of benzene rings is 2. The number of hydrogen-bond acceptors (Lipinski definition) is 1. The van der Waals surface area contributed by atoms with Gasteiger partial charge in [-0.15, -0.1) is 0 Å². The van der Waals surface area contributed by atoms with Crippen molar-refractivity contribution < 1.29 is 13.2 Å². The van der Waals surface area contributed by atoms with Crippen LogP contribution < -0.4 is 0 Å². The van der Waals surface area contributed by atoms with Crippen molar-refractivity contribution in [1.29, 1.82) is 0 Å². The molecule has 17 heavy (non-hydrogen) atoms. The lowest BCUT2D eigenvalue weighted by Gasteiger charge is -1.99. The van der Waals surface area contributed by atoms with Crippen molar-refractivity contribution in [2.24, 2.45) is 0 Å². The fraction of sp³-hybridized carbons (Fsp3) is 0.0769. The summed E-state index contributed by atoms with van der Waals surface area (Å²) in [6, 6.07) is 20.8. The van der Waals surface area contributed by atoms with Crippen molar-refractivity contribution in [2.45, 2.75) is 16.5 Å². The van der Waals surface area contributed by atoms with E-state index in [1.807, 2.05) is 12.1 Å². The lowest BCUT2D eigenvalue weighted by atomic mass is 10.4. The lowest BCUT2D eigenvalue weighted by molar-refractivity contribution is 0.00819. The van der Waals surface area contributed by atoms with Crippen LogP contribution >= 0.6 is 11.8 Å². The first-order valence-corrected chi connectivity index (χ1v) is 5.70. The molecule has 0 spiro atoms. The minimum absolute atomic E-state index is 1.29. The Hall–Kier alpha value is -1.42. The number of rotatable bonds is 2. The van der Waals surface area contributed by atoms with Gasteiger partial charge >= 0.3 is 6.68 Å². The Labute approximate surface area is 102 Å². The van der Waals surface area contributed by atoms with Crippen LogP contribution in [0.2, 0.25) is 0 Å². The summed E-state index contributed by atoms with van der Waals surface area (Å²) >= 11 is 1.79. The van der Waals surface area contributed by atoms with Crippen molar-refractivity contribution >= 4 is 11.8 Å². The molecule has 0 amide bonds. The van der Waals surface area contributed by atoms with Crippen LogP contribution in [0.1, 0.15) is 0 Å². The maximum Gasteiger partial charge on any atom is 0.379 e. The molecule has 0 aromatic heterocycles. The molecule has 0 atom stereocenters. The van der Waals surface area contributed by atoms with Gasteiger partial charge < -0.3 is 0 Å². The standard InChI is InChI=1S/C12H10S.CHF3/c1-3-7-11(8-4-1)13-12-9-5-2-6-10-12;2-1(3)4/h1-10H;1H. The van der Waals surface area contributed by atoms with Crippen molar-refractivity contribution in [3.05, 3.63) is 60.7 Å². The monoisotopic (exact) mass is 256 g/mol. The summed E-state index contributed by atoms with van der Waals surface area (Å²) in [4.78, 5) is 2.57. The molecular weight excluding hydrogens is 245 g/mol. The summed E-state index contributed by atoms with van der Waals surface area (Å²) in [5.74, 6) is 0. The minimum atomic E-state index is -3.67. The third-order valence-corrected chi connectivity index (χ3v) is 2.74. The molecule has 2 aromatic rings. The summed E-state index contributed by atoms with van der Waals surface area (Å²) in [6.07, 6.45) is 0. The zero-order valence-corrected chi connectivity index (χ0v) is 9.71.